The van der Waals surface area contributed by atoms with Crippen LogP contribution in [0.4, 0.5) is 10.8 Å². The van der Waals surface area contributed by atoms with Gasteiger partial charge >= 0.3 is 0 Å². The van der Waals surface area contributed by atoms with Crippen LogP contribution in [0.3, 0.4) is 0 Å². The Bertz CT molecular complexity index is 1250. The summed E-state index contributed by atoms with van der Waals surface area (Å²) >= 11 is 1.31. The molecule has 4 rings (SSSR count). The third-order valence-electron chi connectivity index (χ3n) is 5.20. The van der Waals surface area contributed by atoms with E-state index in [4.69, 9.17) is 4.74 Å². The van der Waals surface area contributed by atoms with E-state index in [1.54, 1.807) is 24.9 Å². The van der Waals surface area contributed by atoms with Gasteiger partial charge in [0.2, 0.25) is 5.91 Å². The van der Waals surface area contributed by atoms with Gasteiger partial charge in [-0.2, -0.15) is 0 Å². The summed E-state index contributed by atoms with van der Waals surface area (Å²) in [6, 6.07) is 19.9. The molecule has 1 atom stereocenters. The van der Waals surface area contributed by atoms with Crippen LogP contribution in [0.25, 0.3) is 0 Å². The monoisotopic (exact) mass is 487 g/mol. The van der Waals surface area contributed by atoms with Crippen molar-refractivity contribution in [2.24, 2.45) is 0 Å². The minimum Gasteiger partial charge on any atom is -0.497 e. The Kier molecular flexibility index (Phi) is 8.03. The van der Waals surface area contributed by atoms with Crippen LogP contribution in [0.15, 0.2) is 84.5 Å². The first-order valence-corrected chi connectivity index (χ1v) is 11.9. The highest BCUT2D eigenvalue weighted by atomic mass is 32.1. The topological polar surface area (TPSA) is 105 Å². The highest BCUT2D eigenvalue weighted by molar-refractivity contribution is 7.14. The number of amides is 2. The fourth-order valence-corrected chi connectivity index (χ4v) is 4.05. The minimum atomic E-state index is -0.758. The molecule has 178 valence electrons. The molecule has 0 saturated heterocycles. The highest BCUT2D eigenvalue weighted by Crippen LogP contribution is 2.23. The van der Waals surface area contributed by atoms with Gasteiger partial charge in [0, 0.05) is 36.4 Å². The molecule has 0 aliphatic heterocycles. The van der Waals surface area contributed by atoms with Crippen molar-refractivity contribution in [1.82, 2.24) is 20.6 Å². The highest BCUT2D eigenvalue weighted by Gasteiger charge is 2.23. The van der Waals surface area contributed by atoms with Crippen LogP contribution >= 0.6 is 11.3 Å². The Labute approximate surface area is 207 Å². The van der Waals surface area contributed by atoms with Gasteiger partial charge in [0.25, 0.3) is 5.91 Å². The number of aromatic nitrogens is 2. The molecule has 0 fully saturated rings. The number of thiazole rings is 1. The molecule has 2 aromatic heterocycles. The second kappa shape index (κ2) is 11.8. The SMILES string of the molecule is COc1ccc(Nc2nc(C(=O)N[C@@H](Cc3ccccc3)C(=O)NCc3ccncc3)cs2)cc1. The predicted octanol–water partition coefficient (Wildman–Crippen LogP) is 3.95. The second-order valence-electron chi connectivity index (χ2n) is 7.68. The van der Waals surface area contributed by atoms with Crippen LogP contribution in [0.2, 0.25) is 0 Å². The van der Waals surface area contributed by atoms with Crippen molar-refractivity contribution < 1.29 is 14.3 Å². The summed E-state index contributed by atoms with van der Waals surface area (Å²) < 4.78 is 5.17. The first kappa shape index (κ1) is 23.9. The average Bonchev–Trinajstić information content (AvgIpc) is 3.37. The zero-order valence-electron chi connectivity index (χ0n) is 19.1. The van der Waals surface area contributed by atoms with Crippen molar-refractivity contribution in [3.63, 3.8) is 0 Å². The Hall–Kier alpha value is -4.24. The summed E-state index contributed by atoms with van der Waals surface area (Å²) in [5, 5.41) is 11.2. The number of ether oxygens (including phenoxy) is 1. The predicted molar refractivity (Wildman–Crippen MR) is 136 cm³/mol. The van der Waals surface area contributed by atoms with Crippen LogP contribution in [-0.4, -0.2) is 34.9 Å². The molecule has 3 N–H and O–H groups in total. The van der Waals surface area contributed by atoms with E-state index in [2.05, 4.69) is 25.9 Å². The van der Waals surface area contributed by atoms with Crippen molar-refractivity contribution in [3.8, 4) is 5.75 Å². The largest absolute Gasteiger partial charge is 0.497 e. The van der Waals surface area contributed by atoms with Gasteiger partial charge in [0.05, 0.1) is 7.11 Å². The van der Waals surface area contributed by atoms with Crippen molar-refractivity contribution in [2.75, 3.05) is 12.4 Å². The first-order valence-electron chi connectivity index (χ1n) is 11.0. The maximum atomic E-state index is 13.0. The molecule has 2 amide bonds. The summed E-state index contributed by atoms with van der Waals surface area (Å²) in [6.45, 7) is 0.342. The average molecular weight is 488 g/mol. The lowest BCUT2D eigenvalue weighted by molar-refractivity contribution is -0.123. The number of nitrogens with one attached hydrogen (secondary N) is 3. The van der Waals surface area contributed by atoms with Crippen LogP contribution in [0, 0.1) is 0 Å². The van der Waals surface area contributed by atoms with Crippen LogP contribution < -0.4 is 20.7 Å². The number of carbonyl (C=O) groups is 2. The Balaban J connectivity index is 1.42. The summed E-state index contributed by atoms with van der Waals surface area (Å²) in [5.74, 6) is 0.0660. The molecule has 0 bridgehead atoms. The Morgan fingerprint density at radius 2 is 1.71 bits per heavy atom. The van der Waals surface area contributed by atoms with Gasteiger partial charge in [0.1, 0.15) is 17.5 Å². The van der Waals surface area contributed by atoms with Crippen LogP contribution in [0.5, 0.6) is 5.75 Å². The lowest BCUT2D eigenvalue weighted by Gasteiger charge is -2.18. The molecule has 0 unspecified atom stereocenters. The van der Waals surface area contributed by atoms with Gasteiger partial charge in [0.15, 0.2) is 5.13 Å². The van der Waals surface area contributed by atoms with Crippen molar-refractivity contribution in [1.29, 1.82) is 0 Å². The molecule has 8 nitrogen and oxygen atoms in total. The molecule has 0 radical (unpaired) electrons. The fourth-order valence-electron chi connectivity index (χ4n) is 3.34. The normalized spacial score (nSPS) is 11.3. The number of pyridine rings is 1. The Morgan fingerprint density at radius 3 is 2.43 bits per heavy atom. The zero-order valence-corrected chi connectivity index (χ0v) is 19.9. The molecule has 4 aromatic rings. The van der Waals surface area contributed by atoms with E-state index >= 15 is 0 Å². The first-order chi connectivity index (χ1) is 17.1. The van der Waals surface area contributed by atoms with E-state index in [-0.39, 0.29) is 11.6 Å². The van der Waals surface area contributed by atoms with Gasteiger partial charge in [-0.1, -0.05) is 30.3 Å². The summed E-state index contributed by atoms with van der Waals surface area (Å²) in [6.07, 6.45) is 3.70. The third-order valence-corrected chi connectivity index (χ3v) is 5.96. The summed E-state index contributed by atoms with van der Waals surface area (Å²) in [7, 11) is 1.61. The molecule has 9 heteroatoms. The van der Waals surface area contributed by atoms with E-state index in [0.717, 1.165) is 22.6 Å². The number of hydrogen-bond acceptors (Lipinski definition) is 7. The van der Waals surface area contributed by atoms with Crippen molar-refractivity contribution >= 4 is 34.0 Å². The maximum Gasteiger partial charge on any atom is 0.271 e. The molecule has 0 aliphatic rings. The third kappa shape index (κ3) is 6.87. The van der Waals surface area contributed by atoms with E-state index in [9.17, 15) is 9.59 Å². The maximum absolute atomic E-state index is 13.0. The molecule has 2 heterocycles. The van der Waals surface area contributed by atoms with Gasteiger partial charge in [-0.05, 0) is 47.5 Å². The summed E-state index contributed by atoms with van der Waals surface area (Å²) in [5.41, 5.74) is 2.93. The molecular formula is C26H25N5O3S. The molecule has 0 saturated carbocycles. The summed E-state index contributed by atoms with van der Waals surface area (Å²) in [4.78, 5) is 34.4. The van der Waals surface area contributed by atoms with Crippen LogP contribution in [-0.2, 0) is 17.8 Å². The number of hydrogen-bond donors (Lipinski definition) is 3. The van der Waals surface area contributed by atoms with Crippen LogP contribution in [0.1, 0.15) is 21.6 Å². The smallest absolute Gasteiger partial charge is 0.271 e. The minimum absolute atomic E-state index is 0.242. The van der Waals surface area contributed by atoms with E-state index < -0.39 is 11.9 Å². The van der Waals surface area contributed by atoms with Gasteiger partial charge in [-0.15, -0.1) is 11.3 Å². The van der Waals surface area contributed by atoms with E-state index in [1.807, 2.05) is 66.7 Å². The lowest BCUT2D eigenvalue weighted by Crippen LogP contribution is -2.47. The molecular weight excluding hydrogens is 462 g/mol. The van der Waals surface area contributed by atoms with E-state index in [1.165, 1.54) is 11.3 Å². The Morgan fingerprint density at radius 1 is 0.971 bits per heavy atom. The standard InChI is InChI=1S/C26H25N5O3S/c1-34-21-9-7-20(8-10-21)29-26-31-23(17-35-26)25(33)30-22(15-18-5-3-2-4-6-18)24(32)28-16-19-11-13-27-14-12-19/h2-14,17,22H,15-16H2,1H3,(H,28,32)(H,29,31)(H,30,33)/t22-/m0/s1. The fraction of sp³-hybridized carbons (Fsp3) is 0.154. The number of carbonyl (C=O) groups excluding carboxylic acids is 2. The lowest BCUT2D eigenvalue weighted by atomic mass is 10.0. The number of rotatable bonds is 10. The van der Waals surface area contributed by atoms with Gasteiger partial charge in [-0.3, -0.25) is 14.6 Å². The number of anilines is 2. The molecule has 0 aliphatic carbocycles. The van der Waals surface area contributed by atoms with Crippen molar-refractivity contribution in [3.05, 3.63) is 101 Å². The second-order valence-corrected chi connectivity index (χ2v) is 8.54. The number of methoxy groups -OCH3 is 1. The quantitative estimate of drug-likeness (QED) is 0.313. The molecule has 0 spiro atoms. The zero-order chi connectivity index (χ0) is 24.5. The van der Waals surface area contributed by atoms with Gasteiger partial charge in [-0.25, -0.2) is 4.98 Å². The van der Waals surface area contributed by atoms with Gasteiger partial charge < -0.3 is 20.7 Å². The molecule has 2 aromatic carbocycles. The number of benzene rings is 2. The number of nitrogens with zero attached hydrogens (tertiary/aromatic N) is 2. The molecule has 35 heavy (non-hydrogen) atoms. The van der Waals surface area contributed by atoms with Crippen molar-refractivity contribution in [2.45, 2.75) is 19.0 Å². The van der Waals surface area contributed by atoms with E-state index in [0.29, 0.717) is 18.1 Å².